The lowest BCUT2D eigenvalue weighted by Gasteiger charge is -2.27. The first kappa shape index (κ1) is 20.7. The average molecular weight is 361 g/mol. The van der Waals surface area contributed by atoms with Gasteiger partial charge in [-0.25, -0.2) is 0 Å². The van der Waals surface area contributed by atoms with Gasteiger partial charge in [0, 0.05) is 26.8 Å². The molecule has 2 N–H and O–H groups in total. The molecular weight excluding hydrogens is 324 g/mol. The summed E-state index contributed by atoms with van der Waals surface area (Å²) in [4.78, 5) is 7.47. The topological polar surface area (TPSA) is 48.9 Å². The van der Waals surface area contributed by atoms with E-state index in [1.807, 2.05) is 0 Å². The van der Waals surface area contributed by atoms with Crippen molar-refractivity contribution in [1.82, 2.24) is 15.5 Å². The van der Waals surface area contributed by atoms with Crippen molar-refractivity contribution in [2.75, 3.05) is 46.4 Å². The molecule has 1 unspecified atom stereocenters. The van der Waals surface area contributed by atoms with Crippen LogP contribution >= 0.6 is 0 Å². The summed E-state index contributed by atoms with van der Waals surface area (Å²) < 4.78 is 5.10. The van der Waals surface area contributed by atoms with Gasteiger partial charge in [0.05, 0.1) is 12.6 Å². The van der Waals surface area contributed by atoms with Gasteiger partial charge in [0.2, 0.25) is 0 Å². The number of methoxy groups -OCH3 is 1. The standard InChI is InChI=1S/C21H36N4O/c1-3-22-21(23-14-8-5-11-17-26-2)24-18-20(25-15-9-10-16-25)19-12-6-4-7-13-19/h4,6-7,12-13,20H,3,5,8-11,14-18H2,1-2H3,(H2,22,23,24). The summed E-state index contributed by atoms with van der Waals surface area (Å²) in [7, 11) is 1.76. The fourth-order valence-corrected chi connectivity index (χ4v) is 3.43. The van der Waals surface area contributed by atoms with Gasteiger partial charge in [0.25, 0.3) is 0 Å². The lowest BCUT2D eigenvalue weighted by atomic mass is 10.1. The van der Waals surface area contributed by atoms with Crippen molar-refractivity contribution >= 4 is 5.96 Å². The lowest BCUT2D eigenvalue weighted by molar-refractivity contribution is 0.192. The predicted molar refractivity (Wildman–Crippen MR) is 110 cm³/mol. The van der Waals surface area contributed by atoms with Crippen LogP contribution in [0.5, 0.6) is 0 Å². The Morgan fingerprint density at radius 1 is 1.12 bits per heavy atom. The normalized spacial score (nSPS) is 16.6. The quantitative estimate of drug-likeness (QED) is 0.361. The van der Waals surface area contributed by atoms with Crippen molar-refractivity contribution < 1.29 is 4.74 Å². The van der Waals surface area contributed by atoms with Gasteiger partial charge in [-0.3, -0.25) is 9.89 Å². The van der Waals surface area contributed by atoms with E-state index in [2.05, 4.69) is 52.8 Å². The second-order valence-corrected chi connectivity index (χ2v) is 6.87. The first-order valence-electron chi connectivity index (χ1n) is 10.1. The van der Waals surface area contributed by atoms with Crippen LogP contribution in [0.2, 0.25) is 0 Å². The number of unbranched alkanes of at least 4 members (excludes halogenated alkanes) is 2. The highest BCUT2D eigenvalue weighted by Crippen LogP contribution is 2.25. The molecular formula is C21H36N4O. The van der Waals surface area contributed by atoms with Crippen LogP contribution in [0.3, 0.4) is 0 Å². The number of hydrogen-bond acceptors (Lipinski definition) is 3. The SMILES string of the molecule is CCNC(=NCC(c1ccccc1)N1CCCC1)NCCCCCOC. The fourth-order valence-electron chi connectivity index (χ4n) is 3.43. The Labute approximate surface area is 159 Å². The molecule has 5 heteroatoms. The van der Waals surface area contributed by atoms with Crippen LogP contribution in [0, 0.1) is 0 Å². The molecule has 0 spiro atoms. The molecule has 0 aromatic heterocycles. The monoisotopic (exact) mass is 360 g/mol. The molecule has 0 radical (unpaired) electrons. The third kappa shape index (κ3) is 7.34. The molecule has 0 amide bonds. The molecule has 1 aliphatic heterocycles. The largest absolute Gasteiger partial charge is 0.385 e. The molecule has 26 heavy (non-hydrogen) atoms. The van der Waals surface area contributed by atoms with Crippen molar-refractivity contribution in [3.63, 3.8) is 0 Å². The Kier molecular flexibility index (Phi) is 10.1. The highest BCUT2D eigenvalue weighted by molar-refractivity contribution is 5.79. The zero-order valence-electron chi connectivity index (χ0n) is 16.5. The highest BCUT2D eigenvalue weighted by Gasteiger charge is 2.23. The Bertz CT molecular complexity index is 500. The van der Waals surface area contributed by atoms with E-state index in [0.717, 1.165) is 45.0 Å². The van der Waals surface area contributed by atoms with Crippen LogP contribution in [0.15, 0.2) is 35.3 Å². The Hall–Kier alpha value is -1.59. The van der Waals surface area contributed by atoms with Gasteiger partial charge in [-0.1, -0.05) is 30.3 Å². The summed E-state index contributed by atoms with van der Waals surface area (Å²) in [5.41, 5.74) is 1.37. The maximum absolute atomic E-state index is 5.10. The minimum absolute atomic E-state index is 0.371. The van der Waals surface area contributed by atoms with E-state index in [0.29, 0.717) is 6.04 Å². The van der Waals surface area contributed by atoms with Crippen molar-refractivity contribution in [2.45, 2.75) is 45.1 Å². The van der Waals surface area contributed by atoms with Gasteiger partial charge in [-0.15, -0.1) is 0 Å². The highest BCUT2D eigenvalue weighted by atomic mass is 16.5. The summed E-state index contributed by atoms with van der Waals surface area (Å²) in [5, 5.41) is 6.85. The van der Waals surface area contributed by atoms with Gasteiger partial charge in [0.1, 0.15) is 0 Å². The molecule has 1 aliphatic rings. The number of hydrogen-bond donors (Lipinski definition) is 2. The van der Waals surface area contributed by atoms with Gasteiger partial charge in [0.15, 0.2) is 5.96 Å². The second-order valence-electron chi connectivity index (χ2n) is 6.87. The molecule has 1 fully saturated rings. The first-order valence-corrected chi connectivity index (χ1v) is 10.1. The summed E-state index contributed by atoms with van der Waals surface area (Å²) in [6.07, 6.45) is 6.04. The molecule has 1 aromatic carbocycles. The van der Waals surface area contributed by atoms with Crippen LogP contribution in [0.1, 0.15) is 50.6 Å². The Morgan fingerprint density at radius 2 is 1.88 bits per heavy atom. The van der Waals surface area contributed by atoms with Crippen LogP contribution in [-0.4, -0.2) is 57.3 Å². The van der Waals surface area contributed by atoms with Crippen molar-refractivity contribution in [1.29, 1.82) is 0 Å². The Morgan fingerprint density at radius 3 is 2.58 bits per heavy atom. The van der Waals surface area contributed by atoms with Crippen LogP contribution in [-0.2, 0) is 4.74 Å². The van der Waals surface area contributed by atoms with E-state index in [1.54, 1.807) is 7.11 Å². The molecule has 5 nitrogen and oxygen atoms in total. The fraction of sp³-hybridized carbons (Fsp3) is 0.667. The van der Waals surface area contributed by atoms with Crippen molar-refractivity contribution in [3.05, 3.63) is 35.9 Å². The molecule has 1 saturated heterocycles. The van der Waals surface area contributed by atoms with Gasteiger partial charge in [-0.05, 0) is 57.7 Å². The minimum Gasteiger partial charge on any atom is -0.385 e. The van der Waals surface area contributed by atoms with Crippen LogP contribution in [0.25, 0.3) is 0 Å². The number of aliphatic imine (C=N–C) groups is 1. The number of benzene rings is 1. The molecule has 1 aromatic rings. The van der Waals surface area contributed by atoms with Gasteiger partial charge in [-0.2, -0.15) is 0 Å². The molecule has 1 heterocycles. The summed E-state index contributed by atoms with van der Waals surface area (Å²) in [6.45, 7) is 7.96. The maximum atomic E-state index is 5.10. The molecule has 146 valence electrons. The van der Waals surface area contributed by atoms with Crippen LogP contribution in [0.4, 0.5) is 0 Å². The molecule has 0 aliphatic carbocycles. The van der Waals surface area contributed by atoms with E-state index < -0.39 is 0 Å². The molecule has 0 saturated carbocycles. The van der Waals surface area contributed by atoms with Crippen molar-refractivity contribution in [2.24, 2.45) is 4.99 Å². The number of nitrogens with zero attached hydrogens (tertiary/aromatic N) is 2. The zero-order valence-corrected chi connectivity index (χ0v) is 16.5. The molecule has 1 atom stereocenters. The number of rotatable bonds is 11. The summed E-state index contributed by atoms with van der Waals surface area (Å²) >= 11 is 0. The summed E-state index contributed by atoms with van der Waals surface area (Å²) in [5.74, 6) is 0.930. The zero-order chi connectivity index (χ0) is 18.5. The van der Waals surface area contributed by atoms with E-state index in [9.17, 15) is 0 Å². The molecule has 2 rings (SSSR count). The lowest BCUT2D eigenvalue weighted by Crippen LogP contribution is -2.38. The Balaban J connectivity index is 1.90. The third-order valence-corrected chi connectivity index (χ3v) is 4.85. The second kappa shape index (κ2) is 12.7. The number of nitrogens with one attached hydrogen (secondary N) is 2. The van der Waals surface area contributed by atoms with Gasteiger partial charge < -0.3 is 15.4 Å². The van der Waals surface area contributed by atoms with Crippen molar-refractivity contribution in [3.8, 4) is 0 Å². The van der Waals surface area contributed by atoms with E-state index in [-0.39, 0.29) is 0 Å². The molecule has 0 bridgehead atoms. The first-order chi connectivity index (χ1) is 12.8. The predicted octanol–water partition coefficient (Wildman–Crippen LogP) is 3.20. The van der Waals surface area contributed by atoms with E-state index in [1.165, 1.54) is 37.9 Å². The average Bonchev–Trinajstić information content (AvgIpc) is 3.20. The number of guanidine groups is 1. The van der Waals surface area contributed by atoms with Crippen LogP contribution < -0.4 is 10.6 Å². The number of likely N-dealkylation sites (tertiary alicyclic amines) is 1. The smallest absolute Gasteiger partial charge is 0.191 e. The third-order valence-electron chi connectivity index (χ3n) is 4.85. The minimum atomic E-state index is 0.371. The summed E-state index contributed by atoms with van der Waals surface area (Å²) in [6, 6.07) is 11.2. The van der Waals surface area contributed by atoms with Gasteiger partial charge >= 0.3 is 0 Å². The maximum Gasteiger partial charge on any atom is 0.191 e. The van der Waals surface area contributed by atoms with E-state index >= 15 is 0 Å². The number of ether oxygens (including phenoxy) is 1. The van der Waals surface area contributed by atoms with E-state index in [4.69, 9.17) is 9.73 Å².